The van der Waals surface area contributed by atoms with Gasteiger partial charge in [-0.3, -0.25) is 0 Å². The lowest BCUT2D eigenvalue weighted by Crippen LogP contribution is -2.22. The molecule has 104 valence electrons. The molecule has 0 amide bonds. The molecule has 0 saturated carbocycles. The van der Waals surface area contributed by atoms with Gasteiger partial charge in [-0.2, -0.15) is 0 Å². The number of aryl methyl sites for hydroxylation is 3. The predicted octanol–water partition coefficient (Wildman–Crippen LogP) is 3.58. The molecule has 0 aliphatic carbocycles. The average molecular weight is 266 g/mol. The van der Waals surface area contributed by atoms with E-state index in [0.717, 1.165) is 32.4 Å². The third-order valence-electron chi connectivity index (χ3n) is 4.12. The summed E-state index contributed by atoms with van der Waals surface area (Å²) in [7, 11) is 0. The Bertz CT molecular complexity index is 604. The van der Waals surface area contributed by atoms with E-state index in [2.05, 4.69) is 54.3 Å². The number of fused-ring (bicyclic) bond motifs is 2. The van der Waals surface area contributed by atoms with Gasteiger partial charge in [-0.1, -0.05) is 36.4 Å². The van der Waals surface area contributed by atoms with Crippen molar-refractivity contribution in [2.45, 2.75) is 26.2 Å². The summed E-state index contributed by atoms with van der Waals surface area (Å²) in [6.45, 7) is 3.94. The Balaban J connectivity index is 2.13. The Labute approximate surface area is 121 Å². The van der Waals surface area contributed by atoms with Crippen molar-refractivity contribution in [3.63, 3.8) is 0 Å². The fourth-order valence-electron chi connectivity index (χ4n) is 3.16. The highest BCUT2D eigenvalue weighted by Crippen LogP contribution is 2.37. The number of rotatable bonds is 3. The molecule has 0 unspecified atom stereocenters. The Morgan fingerprint density at radius 2 is 1.75 bits per heavy atom. The van der Waals surface area contributed by atoms with Gasteiger partial charge in [0, 0.05) is 17.9 Å². The third kappa shape index (κ3) is 2.32. The van der Waals surface area contributed by atoms with Crippen molar-refractivity contribution in [1.82, 2.24) is 0 Å². The summed E-state index contributed by atoms with van der Waals surface area (Å²) in [5.41, 5.74) is 12.7. The molecule has 0 atom stereocenters. The average Bonchev–Trinajstić information content (AvgIpc) is 2.63. The maximum absolute atomic E-state index is 5.74. The van der Waals surface area contributed by atoms with Gasteiger partial charge < -0.3 is 10.6 Å². The highest BCUT2D eigenvalue weighted by Gasteiger charge is 2.21. The van der Waals surface area contributed by atoms with Crippen LogP contribution in [-0.4, -0.2) is 13.1 Å². The molecule has 20 heavy (non-hydrogen) atoms. The lowest BCUT2D eigenvalue weighted by molar-refractivity contribution is 0.815. The van der Waals surface area contributed by atoms with Gasteiger partial charge in [0.25, 0.3) is 0 Å². The van der Waals surface area contributed by atoms with Crippen molar-refractivity contribution in [3.05, 3.63) is 59.2 Å². The van der Waals surface area contributed by atoms with Crippen LogP contribution in [0.5, 0.6) is 0 Å². The highest BCUT2D eigenvalue weighted by atomic mass is 15.1. The first-order chi connectivity index (χ1) is 9.81. The predicted molar refractivity (Wildman–Crippen MR) is 85.7 cm³/mol. The van der Waals surface area contributed by atoms with E-state index in [9.17, 15) is 0 Å². The minimum atomic E-state index is 0.736. The van der Waals surface area contributed by atoms with Crippen LogP contribution >= 0.6 is 0 Å². The molecule has 0 radical (unpaired) electrons. The number of para-hydroxylation sites is 2. The Hall–Kier alpha value is -1.80. The maximum atomic E-state index is 5.74. The van der Waals surface area contributed by atoms with E-state index in [0.29, 0.717) is 0 Å². The first-order valence-electron chi connectivity index (χ1n) is 7.45. The van der Waals surface area contributed by atoms with E-state index in [1.165, 1.54) is 28.1 Å². The lowest BCUT2D eigenvalue weighted by Gasteiger charge is -2.28. The fraction of sp³-hybridized carbons (Fsp3) is 0.333. The molecule has 0 fully saturated rings. The quantitative estimate of drug-likeness (QED) is 0.920. The number of nitrogens with zero attached hydrogens (tertiary/aromatic N) is 1. The Morgan fingerprint density at radius 1 is 1.00 bits per heavy atom. The molecular formula is C18H22N2. The standard InChI is InChI=1S/C18H22N2/c1-14-6-4-8-16-11-10-15-7-2-3-9-17(15)20(18(14)16)13-5-12-19/h2-4,6-9H,5,10-13,19H2,1H3. The summed E-state index contributed by atoms with van der Waals surface area (Å²) >= 11 is 0. The summed E-state index contributed by atoms with van der Waals surface area (Å²) in [6.07, 6.45) is 3.25. The molecule has 1 aliphatic rings. The fourth-order valence-corrected chi connectivity index (χ4v) is 3.16. The van der Waals surface area contributed by atoms with Gasteiger partial charge in [0.15, 0.2) is 0 Å². The molecule has 0 bridgehead atoms. The van der Waals surface area contributed by atoms with E-state index >= 15 is 0 Å². The summed E-state index contributed by atoms with van der Waals surface area (Å²) in [4.78, 5) is 2.47. The van der Waals surface area contributed by atoms with E-state index in [-0.39, 0.29) is 0 Å². The second-order valence-electron chi connectivity index (χ2n) is 5.51. The van der Waals surface area contributed by atoms with E-state index in [1.807, 2.05) is 0 Å². The maximum Gasteiger partial charge on any atom is 0.0473 e. The first-order valence-corrected chi connectivity index (χ1v) is 7.45. The summed E-state index contributed by atoms with van der Waals surface area (Å²) in [5, 5.41) is 0. The molecule has 2 aromatic carbocycles. The van der Waals surface area contributed by atoms with Crippen molar-refractivity contribution in [3.8, 4) is 0 Å². The molecule has 2 N–H and O–H groups in total. The van der Waals surface area contributed by atoms with Crippen LogP contribution in [-0.2, 0) is 12.8 Å². The van der Waals surface area contributed by atoms with Crippen molar-refractivity contribution in [2.75, 3.05) is 18.0 Å². The topological polar surface area (TPSA) is 29.3 Å². The number of nitrogens with two attached hydrogens (primary N) is 1. The lowest BCUT2D eigenvalue weighted by atomic mass is 10.0. The SMILES string of the molecule is Cc1cccc2c1N(CCCN)c1ccccc1CC2. The van der Waals surface area contributed by atoms with E-state index in [4.69, 9.17) is 5.73 Å². The van der Waals surface area contributed by atoms with Crippen molar-refractivity contribution >= 4 is 11.4 Å². The van der Waals surface area contributed by atoms with Gasteiger partial charge in [0.1, 0.15) is 0 Å². The highest BCUT2D eigenvalue weighted by molar-refractivity contribution is 5.73. The number of benzene rings is 2. The third-order valence-corrected chi connectivity index (χ3v) is 4.12. The molecule has 3 rings (SSSR count). The number of hydrogen-bond acceptors (Lipinski definition) is 2. The molecule has 1 heterocycles. The van der Waals surface area contributed by atoms with Gasteiger partial charge >= 0.3 is 0 Å². The smallest absolute Gasteiger partial charge is 0.0473 e. The van der Waals surface area contributed by atoms with Gasteiger partial charge in [-0.15, -0.1) is 0 Å². The Morgan fingerprint density at radius 3 is 2.60 bits per heavy atom. The van der Waals surface area contributed by atoms with Crippen molar-refractivity contribution in [2.24, 2.45) is 5.73 Å². The Kier molecular flexibility index (Phi) is 3.75. The van der Waals surface area contributed by atoms with Crippen LogP contribution in [0.25, 0.3) is 0 Å². The zero-order valence-corrected chi connectivity index (χ0v) is 12.1. The van der Waals surface area contributed by atoms with Gasteiger partial charge in [0.2, 0.25) is 0 Å². The van der Waals surface area contributed by atoms with E-state index in [1.54, 1.807) is 0 Å². The van der Waals surface area contributed by atoms with Crippen LogP contribution in [0.2, 0.25) is 0 Å². The van der Waals surface area contributed by atoms with Crippen LogP contribution in [0.3, 0.4) is 0 Å². The second kappa shape index (κ2) is 5.68. The minimum absolute atomic E-state index is 0.736. The molecule has 2 nitrogen and oxygen atoms in total. The molecule has 1 aliphatic heterocycles. The normalized spacial score (nSPS) is 13.6. The minimum Gasteiger partial charge on any atom is -0.341 e. The summed E-state index contributed by atoms with van der Waals surface area (Å²) in [5.74, 6) is 0. The van der Waals surface area contributed by atoms with Crippen LogP contribution in [0.1, 0.15) is 23.1 Å². The number of hydrogen-bond donors (Lipinski definition) is 1. The zero-order valence-electron chi connectivity index (χ0n) is 12.1. The zero-order chi connectivity index (χ0) is 13.9. The monoisotopic (exact) mass is 266 g/mol. The molecule has 2 aromatic rings. The molecule has 2 heteroatoms. The largest absolute Gasteiger partial charge is 0.341 e. The summed E-state index contributed by atoms with van der Waals surface area (Å²) in [6, 6.07) is 15.4. The first kappa shape index (κ1) is 13.2. The van der Waals surface area contributed by atoms with Gasteiger partial charge in [-0.05, 0) is 55.5 Å². The van der Waals surface area contributed by atoms with Gasteiger partial charge in [-0.25, -0.2) is 0 Å². The molecule has 0 spiro atoms. The van der Waals surface area contributed by atoms with Crippen LogP contribution in [0, 0.1) is 6.92 Å². The number of anilines is 2. The second-order valence-corrected chi connectivity index (χ2v) is 5.51. The van der Waals surface area contributed by atoms with Crippen LogP contribution in [0.4, 0.5) is 11.4 Å². The van der Waals surface area contributed by atoms with Crippen molar-refractivity contribution in [1.29, 1.82) is 0 Å². The summed E-state index contributed by atoms with van der Waals surface area (Å²) < 4.78 is 0. The molecule has 0 saturated heterocycles. The van der Waals surface area contributed by atoms with Crippen molar-refractivity contribution < 1.29 is 0 Å². The van der Waals surface area contributed by atoms with E-state index < -0.39 is 0 Å². The molecular weight excluding hydrogens is 244 g/mol. The van der Waals surface area contributed by atoms with Crippen LogP contribution < -0.4 is 10.6 Å². The van der Waals surface area contributed by atoms with Crippen LogP contribution in [0.15, 0.2) is 42.5 Å². The van der Waals surface area contributed by atoms with Gasteiger partial charge in [0.05, 0.1) is 0 Å². The molecule has 0 aromatic heterocycles.